The van der Waals surface area contributed by atoms with Gasteiger partial charge in [-0.15, -0.1) is 11.3 Å². The predicted octanol–water partition coefficient (Wildman–Crippen LogP) is 3.33. The first-order chi connectivity index (χ1) is 9.45. The fraction of sp³-hybridized carbons (Fsp3) is 0.0833. The summed E-state index contributed by atoms with van der Waals surface area (Å²) in [4.78, 5) is 26.4. The second-order valence-corrected chi connectivity index (χ2v) is 6.09. The number of pyridine rings is 1. The third-order valence-electron chi connectivity index (χ3n) is 2.32. The van der Waals surface area contributed by atoms with Crippen molar-refractivity contribution in [3.63, 3.8) is 0 Å². The quantitative estimate of drug-likeness (QED) is 0.901. The first kappa shape index (κ1) is 14.8. The summed E-state index contributed by atoms with van der Waals surface area (Å²) in [6.45, 7) is 0. The molecule has 0 aliphatic carbocycles. The molecule has 2 N–H and O–H groups in total. The number of carbonyl (C=O) groups is 2. The van der Waals surface area contributed by atoms with Crippen LogP contribution in [0.1, 0.15) is 16.1 Å². The number of nitrogens with one attached hydrogen (secondary N) is 1. The zero-order chi connectivity index (χ0) is 14.7. The Kier molecular flexibility index (Phi) is 4.59. The highest BCUT2D eigenvalue weighted by molar-refractivity contribution is 7.20. The normalized spacial score (nSPS) is 10.3. The van der Waals surface area contributed by atoms with E-state index in [-0.39, 0.29) is 12.0 Å². The molecule has 0 spiro atoms. The van der Waals surface area contributed by atoms with Crippen molar-refractivity contribution >= 4 is 52.1 Å². The zero-order valence-corrected chi connectivity index (χ0v) is 12.2. The van der Waals surface area contributed by atoms with Crippen molar-refractivity contribution < 1.29 is 14.7 Å². The van der Waals surface area contributed by atoms with Gasteiger partial charge in [-0.05, 0) is 18.2 Å². The number of carbonyl (C=O) groups excluding carboxylic acids is 1. The minimum Gasteiger partial charge on any atom is -0.481 e. The van der Waals surface area contributed by atoms with E-state index in [0.29, 0.717) is 20.1 Å². The lowest BCUT2D eigenvalue weighted by Crippen LogP contribution is -2.12. The molecular formula is C12H8Cl2N2O3S. The van der Waals surface area contributed by atoms with Crippen molar-refractivity contribution in [1.82, 2.24) is 4.98 Å². The van der Waals surface area contributed by atoms with Crippen LogP contribution in [0.2, 0.25) is 8.67 Å². The van der Waals surface area contributed by atoms with Crippen molar-refractivity contribution in [2.75, 3.05) is 5.32 Å². The minimum absolute atomic E-state index is 0.166. The fourth-order valence-electron chi connectivity index (χ4n) is 1.45. The molecule has 0 aliphatic heterocycles. The number of carboxylic acid groups (broad SMARTS) is 1. The third-order valence-corrected chi connectivity index (χ3v) is 3.80. The van der Waals surface area contributed by atoms with Crippen LogP contribution in [-0.4, -0.2) is 22.0 Å². The number of aliphatic carboxylic acids is 1. The molecule has 104 valence electrons. The van der Waals surface area contributed by atoms with Crippen LogP contribution in [0.15, 0.2) is 24.4 Å². The van der Waals surface area contributed by atoms with Gasteiger partial charge in [-0.3, -0.25) is 14.6 Å². The topological polar surface area (TPSA) is 79.3 Å². The summed E-state index contributed by atoms with van der Waals surface area (Å²) in [7, 11) is 0. The molecule has 1 amide bonds. The smallest absolute Gasteiger partial charge is 0.309 e. The number of anilines is 1. The summed E-state index contributed by atoms with van der Waals surface area (Å²) in [5.41, 5.74) is 1.14. The molecule has 0 aliphatic rings. The van der Waals surface area contributed by atoms with Gasteiger partial charge in [-0.1, -0.05) is 23.2 Å². The van der Waals surface area contributed by atoms with Gasteiger partial charge in [0.2, 0.25) is 0 Å². The maximum absolute atomic E-state index is 11.9. The van der Waals surface area contributed by atoms with Gasteiger partial charge in [0.05, 0.1) is 33.9 Å². The Balaban J connectivity index is 2.08. The maximum atomic E-state index is 11.9. The van der Waals surface area contributed by atoms with Crippen molar-refractivity contribution in [2.24, 2.45) is 0 Å². The second-order valence-electron chi connectivity index (χ2n) is 3.80. The summed E-state index contributed by atoms with van der Waals surface area (Å²) in [6.07, 6.45) is 1.22. The van der Waals surface area contributed by atoms with Gasteiger partial charge in [-0.2, -0.15) is 0 Å². The number of hydrogen-bond acceptors (Lipinski definition) is 4. The van der Waals surface area contributed by atoms with Crippen LogP contribution in [0.5, 0.6) is 0 Å². The Morgan fingerprint density at radius 2 is 2.10 bits per heavy atom. The van der Waals surface area contributed by atoms with E-state index in [9.17, 15) is 9.59 Å². The molecule has 0 atom stereocenters. The van der Waals surface area contributed by atoms with Crippen LogP contribution >= 0.6 is 34.5 Å². The Morgan fingerprint density at radius 3 is 2.60 bits per heavy atom. The van der Waals surface area contributed by atoms with Gasteiger partial charge in [0, 0.05) is 0 Å². The maximum Gasteiger partial charge on any atom is 0.309 e. The molecule has 2 aromatic rings. The number of hydrogen-bond donors (Lipinski definition) is 2. The molecule has 2 rings (SSSR count). The van der Waals surface area contributed by atoms with Gasteiger partial charge in [0.15, 0.2) is 0 Å². The molecule has 20 heavy (non-hydrogen) atoms. The molecule has 0 saturated heterocycles. The average molecular weight is 331 g/mol. The second kappa shape index (κ2) is 6.21. The molecule has 0 fully saturated rings. The van der Waals surface area contributed by atoms with E-state index < -0.39 is 11.9 Å². The lowest BCUT2D eigenvalue weighted by atomic mass is 10.2. The number of rotatable bonds is 4. The molecule has 2 heterocycles. The fourth-order valence-corrected chi connectivity index (χ4v) is 2.91. The van der Waals surface area contributed by atoms with Crippen LogP contribution in [0.25, 0.3) is 0 Å². The Hall–Kier alpha value is -1.63. The monoisotopic (exact) mass is 330 g/mol. The Labute approximate surface area is 128 Å². The Bertz CT molecular complexity index is 655. The molecule has 0 saturated carbocycles. The van der Waals surface area contributed by atoms with Crippen LogP contribution < -0.4 is 5.32 Å². The summed E-state index contributed by atoms with van der Waals surface area (Å²) < 4.78 is 0.734. The van der Waals surface area contributed by atoms with Gasteiger partial charge >= 0.3 is 5.97 Å². The van der Waals surface area contributed by atoms with E-state index >= 15 is 0 Å². The minimum atomic E-state index is -0.964. The zero-order valence-electron chi connectivity index (χ0n) is 9.89. The van der Waals surface area contributed by atoms with Crippen LogP contribution in [0.3, 0.4) is 0 Å². The van der Waals surface area contributed by atoms with Crippen molar-refractivity contribution in [3.8, 4) is 0 Å². The van der Waals surface area contributed by atoms with Crippen molar-refractivity contribution in [3.05, 3.63) is 44.3 Å². The highest BCUT2D eigenvalue weighted by atomic mass is 35.5. The number of amides is 1. The van der Waals surface area contributed by atoms with E-state index in [2.05, 4.69) is 10.3 Å². The molecule has 0 radical (unpaired) electrons. The first-order valence-electron chi connectivity index (χ1n) is 5.38. The first-order valence-corrected chi connectivity index (χ1v) is 6.96. The third kappa shape index (κ3) is 3.69. The lowest BCUT2D eigenvalue weighted by Gasteiger charge is -2.04. The van der Waals surface area contributed by atoms with Gasteiger partial charge in [-0.25, -0.2) is 0 Å². The molecule has 0 bridgehead atoms. The number of halogens is 2. The molecule has 2 aromatic heterocycles. The SMILES string of the molecule is O=C(O)Cc1ccc(NC(=O)c2cc(Cl)sc2Cl)cn1. The number of carboxylic acids is 1. The molecular weight excluding hydrogens is 323 g/mol. The standard InChI is InChI=1S/C12H8Cl2N2O3S/c13-9-4-8(11(14)20-9)12(19)16-7-2-1-6(15-5-7)3-10(17)18/h1-2,4-5H,3H2,(H,16,19)(H,17,18). The van der Waals surface area contributed by atoms with E-state index in [1.807, 2.05) is 0 Å². The van der Waals surface area contributed by atoms with Crippen LogP contribution in [0.4, 0.5) is 5.69 Å². The summed E-state index contributed by atoms with van der Waals surface area (Å²) in [6, 6.07) is 4.59. The highest BCUT2D eigenvalue weighted by Gasteiger charge is 2.14. The van der Waals surface area contributed by atoms with Gasteiger partial charge in [0.1, 0.15) is 4.34 Å². The van der Waals surface area contributed by atoms with Crippen molar-refractivity contribution in [1.29, 1.82) is 0 Å². The van der Waals surface area contributed by atoms with Gasteiger partial charge < -0.3 is 10.4 Å². The van der Waals surface area contributed by atoms with E-state index in [4.69, 9.17) is 28.3 Å². The summed E-state index contributed by atoms with van der Waals surface area (Å²) in [5, 5.41) is 11.2. The summed E-state index contributed by atoms with van der Waals surface area (Å²) >= 11 is 12.8. The van der Waals surface area contributed by atoms with Gasteiger partial charge in [0.25, 0.3) is 5.91 Å². The number of thiophene rings is 1. The highest BCUT2D eigenvalue weighted by Crippen LogP contribution is 2.31. The molecule has 0 aromatic carbocycles. The lowest BCUT2D eigenvalue weighted by molar-refractivity contribution is -0.136. The summed E-state index contributed by atoms with van der Waals surface area (Å²) in [5.74, 6) is -1.36. The van der Waals surface area contributed by atoms with E-state index in [0.717, 1.165) is 11.3 Å². The van der Waals surface area contributed by atoms with E-state index in [1.54, 1.807) is 6.07 Å². The van der Waals surface area contributed by atoms with Crippen molar-refractivity contribution in [2.45, 2.75) is 6.42 Å². The molecule has 0 unspecified atom stereocenters. The predicted molar refractivity (Wildman–Crippen MR) is 77.9 cm³/mol. The number of nitrogens with zero attached hydrogens (tertiary/aromatic N) is 1. The van der Waals surface area contributed by atoms with Crippen LogP contribution in [0, 0.1) is 0 Å². The average Bonchev–Trinajstić information content (AvgIpc) is 2.70. The molecule has 8 heteroatoms. The Morgan fingerprint density at radius 1 is 1.35 bits per heavy atom. The van der Waals surface area contributed by atoms with Crippen LogP contribution in [-0.2, 0) is 11.2 Å². The number of aromatic nitrogens is 1. The van der Waals surface area contributed by atoms with E-state index in [1.165, 1.54) is 18.3 Å². The largest absolute Gasteiger partial charge is 0.481 e. The molecule has 5 nitrogen and oxygen atoms in total.